The Morgan fingerprint density at radius 2 is 1.82 bits per heavy atom. The van der Waals surface area contributed by atoms with Crippen LogP contribution in [0.5, 0.6) is 0 Å². The number of aromatic nitrogens is 3. The fraction of sp³-hybridized carbons (Fsp3) is 0.240. The normalized spacial score (nSPS) is 12.5. The van der Waals surface area contributed by atoms with Crippen molar-refractivity contribution in [2.45, 2.75) is 26.9 Å². The molecule has 5 N–H and O–H groups in total. The third-order valence-corrected chi connectivity index (χ3v) is 5.32. The number of anilines is 2. The van der Waals surface area contributed by atoms with Crippen molar-refractivity contribution in [2.75, 3.05) is 17.2 Å². The number of aliphatic hydroxyl groups excluding tert-OH is 1. The van der Waals surface area contributed by atoms with Gasteiger partial charge in [-0.3, -0.25) is 9.59 Å². The summed E-state index contributed by atoms with van der Waals surface area (Å²) in [4.78, 5) is 35.7. The van der Waals surface area contributed by atoms with E-state index in [9.17, 15) is 14.7 Å². The maximum Gasteiger partial charge on any atom is 0.261 e. The summed E-state index contributed by atoms with van der Waals surface area (Å²) < 4.78 is 0. The van der Waals surface area contributed by atoms with E-state index < -0.39 is 11.5 Å². The Morgan fingerprint density at radius 3 is 2.55 bits per heavy atom. The molecule has 0 saturated carbocycles. The molecule has 0 saturated heterocycles. The molecule has 0 aliphatic carbocycles. The lowest BCUT2D eigenvalue weighted by atomic mass is 9.95. The Labute approximate surface area is 191 Å². The molecule has 33 heavy (non-hydrogen) atoms. The lowest BCUT2D eigenvalue weighted by molar-refractivity contribution is -0.123. The van der Waals surface area contributed by atoms with Gasteiger partial charge in [-0.25, -0.2) is 4.98 Å². The summed E-state index contributed by atoms with van der Waals surface area (Å²) in [6.07, 6.45) is 0.800. The van der Waals surface area contributed by atoms with Gasteiger partial charge in [0.05, 0.1) is 28.5 Å². The van der Waals surface area contributed by atoms with Crippen LogP contribution in [0.2, 0.25) is 0 Å². The number of carbonyl (C=O) groups is 1. The third-order valence-electron chi connectivity index (χ3n) is 5.32. The Balaban J connectivity index is 1.67. The molecule has 2 aromatic carbocycles. The predicted octanol–water partition coefficient (Wildman–Crippen LogP) is 4.05. The standard InChI is InChI=1S/C25H27N5O3/c1-25(2,3)24(33)29-18-11-7-10-17-21(18)30-22(28-17)20-16(12-13-26-23(20)32)27-14-19(31)15-8-5-4-6-9-15/h4-13,19,31H,14H2,1-3H3,(H,28,30)(H,29,33)(H2,26,27,32)/t19-/m0/s1. The first-order valence-corrected chi connectivity index (χ1v) is 10.7. The summed E-state index contributed by atoms with van der Waals surface area (Å²) in [7, 11) is 0. The monoisotopic (exact) mass is 445 g/mol. The first-order valence-electron chi connectivity index (χ1n) is 10.7. The van der Waals surface area contributed by atoms with Crippen LogP contribution >= 0.6 is 0 Å². The van der Waals surface area contributed by atoms with E-state index in [4.69, 9.17) is 0 Å². The van der Waals surface area contributed by atoms with Crippen molar-refractivity contribution in [1.29, 1.82) is 0 Å². The number of benzene rings is 2. The van der Waals surface area contributed by atoms with Gasteiger partial charge in [-0.05, 0) is 23.8 Å². The fourth-order valence-corrected chi connectivity index (χ4v) is 3.42. The summed E-state index contributed by atoms with van der Waals surface area (Å²) in [6.45, 7) is 5.73. The van der Waals surface area contributed by atoms with Crippen LogP contribution in [0.3, 0.4) is 0 Å². The molecule has 8 nitrogen and oxygen atoms in total. The number of hydrogen-bond acceptors (Lipinski definition) is 5. The Kier molecular flexibility index (Phi) is 6.02. The molecule has 2 heterocycles. The van der Waals surface area contributed by atoms with Crippen molar-refractivity contribution in [3.63, 3.8) is 0 Å². The SMILES string of the molecule is CC(C)(C)C(=O)Nc1cccc2nc(-c3c(NC[C@H](O)c4ccccc4)cc[nH]c3=O)[nH]c12. The molecule has 0 radical (unpaired) electrons. The van der Waals surface area contributed by atoms with Crippen molar-refractivity contribution >= 4 is 28.3 Å². The summed E-state index contributed by atoms with van der Waals surface area (Å²) >= 11 is 0. The highest BCUT2D eigenvalue weighted by molar-refractivity contribution is 6.02. The van der Waals surface area contributed by atoms with Crippen LogP contribution in [0.4, 0.5) is 11.4 Å². The molecule has 0 aliphatic rings. The van der Waals surface area contributed by atoms with Gasteiger partial charge in [0.25, 0.3) is 5.56 Å². The number of fused-ring (bicyclic) bond motifs is 1. The third kappa shape index (κ3) is 4.80. The van der Waals surface area contributed by atoms with Gasteiger partial charge in [-0.15, -0.1) is 0 Å². The van der Waals surface area contributed by atoms with Crippen LogP contribution < -0.4 is 16.2 Å². The molecule has 0 aliphatic heterocycles. The van der Waals surface area contributed by atoms with E-state index in [1.807, 2.05) is 57.2 Å². The van der Waals surface area contributed by atoms with E-state index in [0.717, 1.165) is 5.56 Å². The number of para-hydroxylation sites is 1. The number of nitrogens with zero attached hydrogens (tertiary/aromatic N) is 1. The minimum Gasteiger partial charge on any atom is -0.387 e. The Morgan fingerprint density at radius 1 is 1.06 bits per heavy atom. The van der Waals surface area contributed by atoms with Crippen molar-refractivity contribution in [3.05, 3.63) is 76.7 Å². The molecular weight excluding hydrogens is 418 g/mol. The maximum atomic E-state index is 12.7. The molecule has 170 valence electrons. The number of hydrogen-bond donors (Lipinski definition) is 5. The second kappa shape index (κ2) is 8.91. The van der Waals surface area contributed by atoms with Crippen molar-refractivity contribution in [2.24, 2.45) is 5.41 Å². The first kappa shape index (κ1) is 22.3. The Bertz CT molecular complexity index is 1340. The average Bonchev–Trinajstić information content (AvgIpc) is 3.22. The molecule has 0 bridgehead atoms. The highest BCUT2D eigenvalue weighted by Crippen LogP contribution is 2.29. The van der Waals surface area contributed by atoms with E-state index in [2.05, 4.69) is 25.6 Å². The number of amides is 1. The van der Waals surface area contributed by atoms with Crippen molar-refractivity contribution < 1.29 is 9.90 Å². The van der Waals surface area contributed by atoms with Crippen molar-refractivity contribution in [1.82, 2.24) is 15.0 Å². The summed E-state index contributed by atoms with van der Waals surface area (Å²) in [6, 6.07) is 16.4. The molecule has 0 fully saturated rings. The van der Waals surface area contributed by atoms with Crippen LogP contribution in [0, 0.1) is 5.41 Å². The average molecular weight is 446 g/mol. The molecular formula is C25H27N5O3. The van der Waals surface area contributed by atoms with Gasteiger partial charge in [0, 0.05) is 18.2 Å². The number of H-pyrrole nitrogens is 2. The second-order valence-corrected chi connectivity index (χ2v) is 8.89. The van der Waals surface area contributed by atoms with E-state index >= 15 is 0 Å². The van der Waals surface area contributed by atoms with E-state index in [1.165, 1.54) is 0 Å². The lowest BCUT2D eigenvalue weighted by Crippen LogP contribution is -2.27. The van der Waals surface area contributed by atoms with Gasteiger partial charge in [0.15, 0.2) is 0 Å². The number of aromatic amines is 2. The zero-order chi connectivity index (χ0) is 23.6. The number of carbonyl (C=O) groups excluding carboxylic acids is 1. The van der Waals surface area contributed by atoms with Gasteiger partial charge < -0.3 is 25.7 Å². The summed E-state index contributed by atoms with van der Waals surface area (Å²) in [5.74, 6) is 0.238. The number of rotatable bonds is 6. The number of aliphatic hydroxyl groups is 1. The van der Waals surface area contributed by atoms with E-state index in [-0.39, 0.29) is 18.0 Å². The van der Waals surface area contributed by atoms with Crippen LogP contribution in [-0.2, 0) is 4.79 Å². The Hall–Kier alpha value is -3.91. The van der Waals surface area contributed by atoms with Gasteiger partial charge in [0.2, 0.25) is 5.91 Å². The second-order valence-electron chi connectivity index (χ2n) is 8.89. The molecule has 0 spiro atoms. The van der Waals surface area contributed by atoms with Gasteiger partial charge in [-0.2, -0.15) is 0 Å². The van der Waals surface area contributed by atoms with Crippen LogP contribution in [-0.4, -0.2) is 32.5 Å². The summed E-state index contributed by atoms with van der Waals surface area (Å²) in [5, 5.41) is 16.6. The molecule has 8 heteroatoms. The van der Waals surface area contributed by atoms with E-state index in [0.29, 0.717) is 33.8 Å². The van der Waals surface area contributed by atoms with Gasteiger partial charge in [0.1, 0.15) is 11.4 Å². The van der Waals surface area contributed by atoms with Gasteiger partial charge in [-0.1, -0.05) is 57.2 Å². The molecule has 4 rings (SSSR count). The quantitative estimate of drug-likeness (QED) is 0.306. The predicted molar refractivity (Wildman–Crippen MR) is 130 cm³/mol. The first-order chi connectivity index (χ1) is 15.7. The van der Waals surface area contributed by atoms with Crippen molar-refractivity contribution in [3.8, 4) is 11.4 Å². The van der Waals surface area contributed by atoms with Crippen LogP contribution in [0.15, 0.2) is 65.6 Å². The van der Waals surface area contributed by atoms with E-state index in [1.54, 1.807) is 24.4 Å². The number of imidazole rings is 1. The zero-order valence-corrected chi connectivity index (χ0v) is 18.8. The molecule has 2 aromatic heterocycles. The van der Waals surface area contributed by atoms with Crippen LogP contribution in [0.1, 0.15) is 32.4 Å². The number of nitrogens with one attached hydrogen (secondary N) is 4. The largest absolute Gasteiger partial charge is 0.387 e. The maximum absolute atomic E-state index is 12.7. The minimum atomic E-state index is -0.742. The zero-order valence-electron chi connectivity index (χ0n) is 18.8. The highest BCUT2D eigenvalue weighted by atomic mass is 16.3. The topological polar surface area (TPSA) is 123 Å². The minimum absolute atomic E-state index is 0.124. The fourth-order valence-electron chi connectivity index (χ4n) is 3.42. The smallest absolute Gasteiger partial charge is 0.261 e. The molecule has 1 amide bonds. The highest BCUT2D eigenvalue weighted by Gasteiger charge is 2.23. The van der Waals surface area contributed by atoms with Gasteiger partial charge >= 0.3 is 0 Å². The lowest BCUT2D eigenvalue weighted by Gasteiger charge is -2.17. The summed E-state index contributed by atoms with van der Waals surface area (Å²) in [5.41, 5.74) is 2.59. The number of pyridine rings is 1. The van der Waals surface area contributed by atoms with Crippen LogP contribution in [0.25, 0.3) is 22.4 Å². The molecule has 1 atom stereocenters. The molecule has 4 aromatic rings. The molecule has 0 unspecified atom stereocenters.